The monoisotopic (exact) mass is 533 g/mol. The molecule has 0 unspecified atom stereocenters. The minimum Gasteiger partial charge on any atom is -0.480 e. The van der Waals surface area contributed by atoms with Gasteiger partial charge in [-0.1, -0.05) is 0 Å². The molecule has 0 amide bonds. The third-order valence-electron chi connectivity index (χ3n) is 5.70. The van der Waals surface area contributed by atoms with Crippen molar-refractivity contribution in [2.24, 2.45) is 0 Å². The van der Waals surface area contributed by atoms with E-state index in [1.54, 1.807) is 12.3 Å². The van der Waals surface area contributed by atoms with Gasteiger partial charge in [0.1, 0.15) is 39.2 Å². The summed E-state index contributed by atoms with van der Waals surface area (Å²) in [6.45, 7) is 3.97. The van der Waals surface area contributed by atoms with Crippen molar-refractivity contribution >= 4 is 43.1 Å². The van der Waals surface area contributed by atoms with E-state index >= 15 is 0 Å². The summed E-state index contributed by atoms with van der Waals surface area (Å²) >= 11 is 1.40. The predicted molar refractivity (Wildman–Crippen MR) is 132 cm³/mol. The molecule has 3 aromatic heterocycles. The normalized spacial score (nSPS) is 16.3. The number of nitrogens with zero attached hydrogens (tertiary/aromatic N) is 4. The SMILES string of the molecule is COc1ncc(-c2cc3c(N4CCOC[C@H]4C)ncnc3s2)cc1NS(=O)(=O)c1ccc(F)cc1F. The molecule has 0 aliphatic carbocycles. The van der Waals surface area contributed by atoms with Crippen LogP contribution in [-0.4, -0.2) is 56.3 Å². The number of hydrogen-bond acceptors (Lipinski definition) is 9. The van der Waals surface area contributed by atoms with Crippen LogP contribution >= 0.6 is 11.3 Å². The Morgan fingerprint density at radius 3 is 2.78 bits per heavy atom. The largest absolute Gasteiger partial charge is 0.480 e. The zero-order chi connectivity index (χ0) is 25.4. The van der Waals surface area contributed by atoms with Gasteiger partial charge in [0.15, 0.2) is 0 Å². The number of benzene rings is 1. The average molecular weight is 534 g/mol. The zero-order valence-corrected chi connectivity index (χ0v) is 20.9. The number of pyridine rings is 1. The molecular weight excluding hydrogens is 512 g/mol. The molecule has 0 radical (unpaired) electrons. The van der Waals surface area contributed by atoms with Gasteiger partial charge in [0.05, 0.1) is 31.8 Å². The van der Waals surface area contributed by atoms with E-state index in [9.17, 15) is 17.2 Å². The molecule has 13 heteroatoms. The molecule has 5 rings (SSSR count). The number of ether oxygens (including phenoxy) is 2. The molecule has 4 heterocycles. The van der Waals surface area contributed by atoms with Gasteiger partial charge in [0.25, 0.3) is 10.0 Å². The van der Waals surface area contributed by atoms with Crippen molar-refractivity contribution in [3.63, 3.8) is 0 Å². The van der Waals surface area contributed by atoms with Gasteiger partial charge in [-0.2, -0.15) is 0 Å². The molecule has 1 fully saturated rings. The van der Waals surface area contributed by atoms with Crippen LogP contribution in [0.4, 0.5) is 20.3 Å². The van der Waals surface area contributed by atoms with Crippen molar-refractivity contribution in [3.8, 4) is 16.3 Å². The van der Waals surface area contributed by atoms with E-state index in [0.29, 0.717) is 31.4 Å². The number of halogens is 2. The summed E-state index contributed by atoms with van der Waals surface area (Å²) in [7, 11) is -3.06. The molecule has 188 valence electrons. The summed E-state index contributed by atoms with van der Waals surface area (Å²) in [5, 5.41) is 0.859. The van der Waals surface area contributed by atoms with Crippen molar-refractivity contribution in [3.05, 3.63) is 54.5 Å². The predicted octanol–water partition coefficient (Wildman–Crippen LogP) is 4.07. The van der Waals surface area contributed by atoms with Gasteiger partial charge in [0, 0.05) is 29.2 Å². The second-order valence-electron chi connectivity index (χ2n) is 8.11. The lowest BCUT2D eigenvalue weighted by Crippen LogP contribution is -2.44. The Hall–Kier alpha value is -3.42. The molecule has 0 spiro atoms. The highest BCUT2D eigenvalue weighted by atomic mass is 32.2. The lowest BCUT2D eigenvalue weighted by atomic mass is 10.2. The Balaban J connectivity index is 1.53. The fourth-order valence-corrected chi connectivity index (χ4v) is 6.05. The Labute approximate surface area is 209 Å². The number of fused-ring (bicyclic) bond motifs is 1. The van der Waals surface area contributed by atoms with Crippen LogP contribution in [0, 0.1) is 11.6 Å². The highest BCUT2D eigenvalue weighted by Crippen LogP contribution is 2.39. The number of anilines is 2. The standard InChI is InChI=1S/C23H21F2N5O4S2/c1-13-11-34-6-5-30(13)21-16-9-19(35-23(16)28-12-27-21)14-7-18(22(33-2)26-10-14)29-36(31,32)20-4-3-15(24)8-17(20)25/h3-4,7-10,12-13,29H,5-6,11H2,1-2H3/t13-/m1/s1. The summed E-state index contributed by atoms with van der Waals surface area (Å²) in [6.07, 6.45) is 3.06. The van der Waals surface area contributed by atoms with Crippen LogP contribution < -0.4 is 14.4 Å². The van der Waals surface area contributed by atoms with Crippen LogP contribution in [0.25, 0.3) is 20.7 Å². The maximum absolute atomic E-state index is 14.2. The minimum absolute atomic E-state index is 0.00397. The number of aromatic nitrogens is 3. The zero-order valence-electron chi connectivity index (χ0n) is 19.2. The van der Waals surface area contributed by atoms with E-state index in [-0.39, 0.29) is 17.6 Å². The summed E-state index contributed by atoms with van der Waals surface area (Å²) in [6, 6.07) is 5.85. The number of thiophene rings is 1. The third kappa shape index (κ3) is 4.56. The molecule has 1 saturated heterocycles. The van der Waals surface area contributed by atoms with Gasteiger partial charge in [-0.25, -0.2) is 32.2 Å². The first-order valence-corrected chi connectivity index (χ1v) is 13.2. The first-order chi connectivity index (χ1) is 17.3. The van der Waals surface area contributed by atoms with Crippen LogP contribution in [-0.2, 0) is 14.8 Å². The number of sulfonamides is 1. The third-order valence-corrected chi connectivity index (χ3v) is 8.20. The first kappa shape index (κ1) is 24.3. The second-order valence-corrected chi connectivity index (χ2v) is 10.8. The fourth-order valence-electron chi connectivity index (χ4n) is 3.97. The van der Waals surface area contributed by atoms with Crippen LogP contribution in [0.2, 0.25) is 0 Å². The highest BCUT2D eigenvalue weighted by Gasteiger charge is 2.25. The lowest BCUT2D eigenvalue weighted by Gasteiger charge is -2.34. The summed E-state index contributed by atoms with van der Waals surface area (Å²) in [5.41, 5.74) is 0.598. The number of hydrogen-bond donors (Lipinski definition) is 1. The number of nitrogens with one attached hydrogen (secondary N) is 1. The molecule has 0 saturated carbocycles. The van der Waals surface area contributed by atoms with E-state index in [1.165, 1.54) is 24.8 Å². The van der Waals surface area contributed by atoms with Crippen LogP contribution in [0.1, 0.15) is 6.92 Å². The number of methoxy groups -OCH3 is 1. The lowest BCUT2D eigenvalue weighted by molar-refractivity contribution is 0.0987. The minimum atomic E-state index is -4.39. The quantitative estimate of drug-likeness (QED) is 0.396. The molecule has 1 aromatic carbocycles. The van der Waals surface area contributed by atoms with Crippen LogP contribution in [0.3, 0.4) is 0 Å². The van der Waals surface area contributed by atoms with Crippen molar-refractivity contribution in [2.75, 3.05) is 36.5 Å². The number of rotatable bonds is 6. The van der Waals surface area contributed by atoms with E-state index in [2.05, 4.69) is 31.5 Å². The van der Waals surface area contributed by atoms with Gasteiger partial charge >= 0.3 is 0 Å². The van der Waals surface area contributed by atoms with Gasteiger partial charge in [-0.3, -0.25) is 4.72 Å². The molecule has 1 aliphatic heterocycles. The van der Waals surface area contributed by atoms with Crippen LogP contribution in [0.15, 0.2) is 47.8 Å². The molecule has 1 aliphatic rings. The fraction of sp³-hybridized carbons (Fsp3) is 0.261. The summed E-state index contributed by atoms with van der Waals surface area (Å²) in [4.78, 5) is 16.1. The van der Waals surface area contributed by atoms with Gasteiger partial charge in [-0.05, 0) is 31.2 Å². The van der Waals surface area contributed by atoms with E-state index < -0.39 is 26.6 Å². The van der Waals surface area contributed by atoms with Crippen molar-refractivity contribution < 1.29 is 26.7 Å². The molecular formula is C23H21F2N5O4S2. The molecule has 4 aromatic rings. The Morgan fingerprint density at radius 1 is 1.19 bits per heavy atom. The van der Waals surface area contributed by atoms with E-state index in [0.717, 1.165) is 33.0 Å². The van der Waals surface area contributed by atoms with Gasteiger partial charge < -0.3 is 14.4 Å². The molecule has 1 atom stereocenters. The topological polar surface area (TPSA) is 107 Å². The number of morpholine rings is 1. The summed E-state index contributed by atoms with van der Waals surface area (Å²) < 4.78 is 66.2. The Morgan fingerprint density at radius 2 is 2.03 bits per heavy atom. The van der Waals surface area contributed by atoms with Gasteiger partial charge in [-0.15, -0.1) is 11.3 Å². The molecule has 9 nitrogen and oxygen atoms in total. The molecule has 0 bridgehead atoms. The van der Waals surface area contributed by atoms with E-state index in [1.807, 2.05) is 6.07 Å². The molecule has 1 N–H and O–H groups in total. The second kappa shape index (κ2) is 9.56. The van der Waals surface area contributed by atoms with Crippen molar-refractivity contribution in [1.29, 1.82) is 0 Å². The van der Waals surface area contributed by atoms with Gasteiger partial charge in [0.2, 0.25) is 5.88 Å². The molecule has 36 heavy (non-hydrogen) atoms. The first-order valence-electron chi connectivity index (χ1n) is 10.9. The smallest absolute Gasteiger partial charge is 0.264 e. The van der Waals surface area contributed by atoms with E-state index in [4.69, 9.17) is 9.47 Å². The van der Waals surface area contributed by atoms with Crippen molar-refractivity contribution in [2.45, 2.75) is 17.9 Å². The Kier molecular flexibility index (Phi) is 6.45. The maximum Gasteiger partial charge on any atom is 0.264 e. The highest BCUT2D eigenvalue weighted by molar-refractivity contribution is 7.92. The van der Waals surface area contributed by atoms with Crippen molar-refractivity contribution in [1.82, 2.24) is 15.0 Å². The van der Waals surface area contributed by atoms with Crippen LogP contribution in [0.5, 0.6) is 5.88 Å². The maximum atomic E-state index is 14.2. The summed E-state index contributed by atoms with van der Waals surface area (Å²) in [5.74, 6) is -1.30. The Bertz CT molecular complexity index is 1550. The average Bonchev–Trinajstić information content (AvgIpc) is 3.28.